The average molecular weight is 684 g/mol. The summed E-state index contributed by atoms with van der Waals surface area (Å²) in [6.07, 6.45) is 0. The van der Waals surface area contributed by atoms with Gasteiger partial charge in [-0.25, -0.2) is 15.0 Å². The first-order valence-electron chi connectivity index (χ1n) is 18.7. The third-order valence-corrected chi connectivity index (χ3v) is 12.5. The summed E-state index contributed by atoms with van der Waals surface area (Å²) in [5, 5.41) is 4.32. The predicted molar refractivity (Wildman–Crippen MR) is 258 cm³/mol. The van der Waals surface area contributed by atoms with E-state index in [0.29, 0.717) is 17.5 Å². The van der Waals surface area contributed by atoms with Gasteiger partial charge in [0.25, 0.3) is 0 Å². The van der Waals surface area contributed by atoms with Gasteiger partial charge in [0.05, 0.1) is 0 Å². The minimum absolute atomic E-state index is 0.624. The summed E-state index contributed by atoms with van der Waals surface area (Å²) in [7, 11) is 21.9. The molecule has 0 radical (unpaired) electrons. The molecule has 54 heavy (non-hydrogen) atoms. The smallest absolute Gasteiger partial charge is 0.164 e. The maximum atomic E-state index is 6.54. The number of hydrogen-bond acceptors (Lipinski definition) is 5. The molecule has 0 spiro atoms. The Labute approximate surface area is 323 Å². The number of hydrogen-bond donors (Lipinski definition) is 0. The fourth-order valence-electron chi connectivity index (χ4n) is 8.46. The molecule has 15 heteroatoms. The molecule has 0 fully saturated rings. The highest BCUT2D eigenvalue weighted by molar-refractivity contribution is 6.69. The molecule has 0 saturated carbocycles. The molecule has 3 heterocycles. The van der Waals surface area contributed by atoms with Crippen LogP contribution in [0.2, 0.25) is 0 Å². The van der Waals surface area contributed by atoms with Crippen LogP contribution in [0, 0.1) is 0 Å². The summed E-state index contributed by atoms with van der Waals surface area (Å²) in [5.41, 5.74) is 21.1. The first-order chi connectivity index (χ1) is 25.9. The number of nitrogens with zero attached hydrogens (tertiary/aromatic N) is 3. The van der Waals surface area contributed by atoms with E-state index in [1.807, 2.05) is 12.1 Å². The van der Waals surface area contributed by atoms with Crippen LogP contribution in [-0.4, -0.2) is 93.4 Å². The molecule has 9 rings (SSSR count). The fourth-order valence-corrected chi connectivity index (χ4v) is 8.46. The van der Waals surface area contributed by atoms with E-state index in [9.17, 15) is 0 Å². The Morgan fingerprint density at radius 2 is 0.852 bits per heavy atom. The molecule has 0 unspecified atom stereocenters. The quantitative estimate of drug-likeness (QED) is 0.173. The molecule has 0 aliphatic rings. The minimum atomic E-state index is 0.624. The van der Waals surface area contributed by atoms with Crippen LogP contribution in [0.25, 0.3) is 89.2 Å². The van der Waals surface area contributed by atoms with Crippen molar-refractivity contribution in [3.8, 4) is 45.3 Å². The molecule has 3 aromatic heterocycles. The van der Waals surface area contributed by atoms with E-state index in [4.69, 9.17) is 23.8 Å². The van der Waals surface area contributed by atoms with E-state index in [1.54, 1.807) is 0 Å². The van der Waals surface area contributed by atoms with Crippen molar-refractivity contribution in [1.29, 1.82) is 0 Å². The summed E-state index contributed by atoms with van der Waals surface area (Å²) in [4.78, 5) is 15.8. The topological polar surface area (TPSA) is 65.0 Å². The molecule has 6 aromatic carbocycles. The van der Waals surface area contributed by atoms with E-state index in [-0.39, 0.29) is 0 Å². The standard InChI is InChI=1S/C39H33B10N3O2/c40-26-24(27(41)31(45)34(48)30(26)44)38-50-37(51-39(52-38)25-28(42)32(46)35(49)33(47)29(25)43)15-8-10-18-20-12-14(9-11-22(20)53-23(18)13-15)16-5-3-6-19-17-4-1-2-7-21(17)54-36(16)19/h1-13H,40-49H2. The highest BCUT2D eigenvalue weighted by Gasteiger charge is 2.22. The number of furan rings is 2. The second-order valence-corrected chi connectivity index (χ2v) is 15.1. The number of aromatic nitrogens is 3. The van der Waals surface area contributed by atoms with E-state index in [0.717, 1.165) is 71.7 Å². The zero-order chi connectivity index (χ0) is 37.7. The summed E-state index contributed by atoms with van der Waals surface area (Å²) in [5.74, 6) is 2.01. The molecule has 246 valence electrons. The number of rotatable bonds is 4. The van der Waals surface area contributed by atoms with E-state index in [2.05, 4.69) is 145 Å². The largest absolute Gasteiger partial charge is 0.456 e. The van der Waals surface area contributed by atoms with Gasteiger partial charge >= 0.3 is 0 Å². The van der Waals surface area contributed by atoms with Crippen molar-refractivity contribution in [1.82, 2.24) is 15.0 Å². The van der Waals surface area contributed by atoms with Crippen molar-refractivity contribution in [2.45, 2.75) is 0 Å². The molecule has 0 atom stereocenters. The Bertz CT molecular complexity index is 2940. The SMILES string of the molecule is Bc1c(B)c(B)c(-c2nc(-c3ccc4c(c3)oc3ccc(-c5cccc6c5oc5ccccc56)cc34)nc(-c3c(B)c(B)c(B)c(B)c3B)n2)c(B)c1B. The van der Waals surface area contributed by atoms with Crippen LogP contribution in [0.4, 0.5) is 0 Å². The van der Waals surface area contributed by atoms with Crippen LogP contribution in [-0.2, 0) is 0 Å². The lowest BCUT2D eigenvalue weighted by atomic mass is 9.60. The summed E-state index contributed by atoms with van der Waals surface area (Å²) >= 11 is 0. The van der Waals surface area contributed by atoms with Gasteiger partial charge in [-0.05, 0) is 35.9 Å². The van der Waals surface area contributed by atoms with Gasteiger partial charge in [-0.2, -0.15) is 0 Å². The zero-order valence-electron chi connectivity index (χ0n) is 32.7. The monoisotopic (exact) mass is 685 g/mol. The Morgan fingerprint density at radius 3 is 1.48 bits per heavy atom. The molecule has 0 amide bonds. The first-order valence-corrected chi connectivity index (χ1v) is 18.7. The Morgan fingerprint density at radius 1 is 0.352 bits per heavy atom. The first kappa shape index (κ1) is 34.4. The van der Waals surface area contributed by atoms with Gasteiger partial charge < -0.3 is 8.83 Å². The van der Waals surface area contributed by atoms with Gasteiger partial charge in [-0.15, -0.1) is 32.8 Å². The van der Waals surface area contributed by atoms with Crippen LogP contribution in [0.15, 0.2) is 87.7 Å². The van der Waals surface area contributed by atoms with Crippen molar-refractivity contribution < 1.29 is 8.83 Å². The molecule has 0 aliphatic heterocycles. The second-order valence-electron chi connectivity index (χ2n) is 15.1. The number of benzene rings is 6. The zero-order valence-corrected chi connectivity index (χ0v) is 32.7. The van der Waals surface area contributed by atoms with Crippen molar-refractivity contribution in [2.75, 3.05) is 0 Å². The van der Waals surface area contributed by atoms with Crippen LogP contribution < -0.4 is 54.6 Å². The molecule has 0 bridgehead atoms. The van der Waals surface area contributed by atoms with Crippen LogP contribution in [0.5, 0.6) is 0 Å². The van der Waals surface area contributed by atoms with Gasteiger partial charge in [-0.1, -0.05) is 70.4 Å². The van der Waals surface area contributed by atoms with Crippen molar-refractivity contribution in [3.63, 3.8) is 0 Å². The maximum Gasteiger partial charge on any atom is 0.164 e. The van der Waals surface area contributed by atoms with Gasteiger partial charge in [0.15, 0.2) is 17.5 Å². The third-order valence-electron chi connectivity index (χ3n) is 12.5. The van der Waals surface area contributed by atoms with Gasteiger partial charge in [0.2, 0.25) is 0 Å². The number of fused-ring (bicyclic) bond motifs is 6. The van der Waals surface area contributed by atoms with E-state index < -0.39 is 0 Å². The fraction of sp³-hybridized carbons (Fsp3) is 0. The van der Waals surface area contributed by atoms with Gasteiger partial charge in [0, 0.05) is 43.8 Å². The maximum absolute atomic E-state index is 6.54. The second kappa shape index (κ2) is 12.6. The highest BCUT2D eigenvalue weighted by Crippen LogP contribution is 2.39. The lowest BCUT2D eigenvalue weighted by Crippen LogP contribution is -2.55. The summed E-state index contributed by atoms with van der Waals surface area (Å²) < 4.78 is 12.9. The molecular weight excluding hydrogens is 651 g/mol. The van der Waals surface area contributed by atoms with Gasteiger partial charge in [-0.3, -0.25) is 0 Å². The molecule has 0 N–H and O–H groups in total. The Kier molecular flexibility index (Phi) is 8.00. The van der Waals surface area contributed by atoms with Crippen molar-refractivity contribution in [3.05, 3.63) is 78.9 Å². The summed E-state index contributed by atoms with van der Waals surface area (Å²) in [6.45, 7) is 0. The molecule has 9 aromatic rings. The molecular formula is C39H33B10N3O2. The van der Waals surface area contributed by atoms with E-state index >= 15 is 0 Å². The minimum Gasteiger partial charge on any atom is -0.456 e. The van der Waals surface area contributed by atoms with Gasteiger partial charge in [0.1, 0.15) is 101 Å². The normalized spacial score (nSPS) is 11.7. The molecule has 5 nitrogen and oxygen atoms in total. The Balaban J connectivity index is 1.23. The predicted octanol–water partition coefficient (Wildman–Crippen LogP) is -7.08. The van der Waals surface area contributed by atoms with Crippen LogP contribution >= 0.6 is 0 Å². The van der Waals surface area contributed by atoms with E-state index in [1.165, 1.54) is 54.6 Å². The summed E-state index contributed by atoms with van der Waals surface area (Å²) in [6, 6.07) is 27.3. The highest BCUT2D eigenvalue weighted by atomic mass is 16.3. The Hall–Kier alpha value is -5.42. The lowest BCUT2D eigenvalue weighted by Gasteiger charge is -2.22. The lowest BCUT2D eigenvalue weighted by molar-refractivity contribution is 0.668. The average Bonchev–Trinajstić information content (AvgIpc) is 3.75. The molecule has 0 aliphatic carbocycles. The van der Waals surface area contributed by atoms with Crippen molar-refractivity contribution >= 4 is 177 Å². The van der Waals surface area contributed by atoms with Crippen LogP contribution in [0.1, 0.15) is 0 Å². The van der Waals surface area contributed by atoms with Crippen LogP contribution in [0.3, 0.4) is 0 Å². The molecule has 0 saturated heterocycles. The third kappa shape index (κ3) is 5.11. The number of para-hydroxylation sites is 2. The van der Waals surface area contributed by atoms with Crippen molar-refractivity contribution in [2.24, 2.45) is 0 Å².